The molecule has 0 saturated carbocycles. The number of hydrazone groups is 1. The van der Waals surface area contributed by atoms with Crippen molar-refractivity contribution in [3.05, 3.63) is 51.5 Å². The molecule has 1 aromatic carbocycles. The number of aromatic nitrogens is 1. The minimum atomic E-state index is -4.41. The molecule has 0 spiro atoms. The third-order valence-corrected chi connectivity index (χ3v) is 3.45. The minimum absolute atomic E-state index is 0.0737. The number of hydrogen-bond donors (Lipinski definition) is 1. The van der Waals surface area contributed by atoms with E-state index in [2.05, 4.69) is 15.5 Å². The Bertz CT molecular complexity index is 695. The highest BCUT2D eigenvalue weighted by atomic mass is 32.1. The average Bonchev–Trinajstić information content (AvgIpc) is 2.83. The van der Waals surface area contributed by atoms with Crippen LogP contribution in [0.3, 0.4) is 0 Å². The van der Waals surface area contributed by atoms with Gasteiger partial charge in [-0.25, -0.2) is 10.4 Å². The molecule has 0 bridgehead atoms. The second kappa shape index (κ2) is 6.69. The second-order valence-electron chi connectivity index (χ2n) is 4.45. The Balaban J connectivity index is 1.93. The standard InChI is InChI=1S/C14H12F3N3OS/c1-9-19-12(8-22-9)6-13(21)20-18-7-10-3-2-4-11(5-10)14(15,16)17/h2-5,7-8H,6H2,1H3,(H,20,21)/b18-7-. The van der Waals surface area contributed by atoms with Crippen LogP contribution in [-0.4, -0.2) is 17.1 Å². The zero-order valence-electron chi connectivity index (χ0n) is 11.5. The molecule has 0 aliphatic rings. The van der Waals surface area contributed by atoms with E-state index in [0.29, 0.717) is 5.69 Å². The summed E-state index contributed by atoms with van der Waals surface area (Å²) in [6.07, 6.45) is -3.17. The molecule has 0 unspecified atom stereocenters. The summed E-state index contributed by atoms with van der Waals surface area (Å²) in [5.74, 6) is -0.381. The highest BCUT2D eigenvalue weighted by Crippen LogP contribution is 2.29. The summed E-state index contributed by atoms with van der Waals surface area (Å²) < 4.78 is 37.6. The van der Waals surface area contributed by atoms with Crippen LogP contribution in [0.25, 0.3) is 0 Å². The van der Waals surface area contributed by atoms with Crippen molar-refractivity contribution in [2.75, 3.05) is 0 Å². The molecule has 22 heavy (non-hydrogen) atoms. The van der Waals surface area contributed by atoms with Crippen LogP contribution >= 0.6 is 11.3 Å². The molecule has 0 atom stereocenters. The normalized spacial score (nSPS) is 11.8. The van der Waals surface area contributed by atoms with Crippen molar-refractivity contribution in [1.29, 1.82) is 0 Å². The van der Waals surface area contributed by atoms with E-state index < -0.39 is 11.7 Å². The van der Waals surface area contributed by atoms with Gasteiger partial charge >= 0.3 is 6.18 Å². The molecule has 4 nitrogen and oxygen atoms in total. The Morgan fingerprint density at radius 3 is 2.86 bits per heavy atom. The predicted octanol–water partition coefficient (Wildman–Crippen LogP) is 3.16. The van der Waals surface area contributed by atoms with Crippen molar-refractivity contribution in [2.24, 2.45) is 5.10 Å². The van der Waals surface area contributed by atoms with Crippen molar-refractivity contribution in [1.82, 2.24) is 10.4 Å². The van der Waals surface area contributed by atoms with Gasteiger partial charge in [0.05, 0.1) is 28.9 Å². The Morgan fingerprint density at radius 2 is 2.23 bits per heavy atom. The average molecular weight is 327 g/mol. The van der Waals surface area contributed by atoms with Crippen molar-refractivity contribution in [2.45, 2.75) is 19.5 Å². The molecular formula is C14H12F3N3OS. The lowest BCUT2D eigenvalue weighted by molar-refractivity contribution is -0.137. The summed E-state index contributed by atoms with van der Waals surface area (Å²) in [5, 5.41) is 6.28. The first-order valence-corrected chi connectivity index (χ1v) is 7.13. The molecule has 0 aliphatic carbocycles. The summed E-state index contributed by atoms with van der Waals surface area (Å²) >= 11 is 1.43. The topological polar surface area (TPSA) is 54.4 Å². The number of hydrogen-bond acceptors (Lipinski definition) is 4. The fourth-order valence-corrected chi connectivity index (χ4v) is 2.28. The van der Waals surface area contributed by atoms with Gasteiger partial charge in [0.15, 0.2) is 0 Å². The van der Waals surface area contributed by atoms with E-state index in [9.17, 15) is 18.0 Å². The number of amides is 1. The zero-order valence-corrected chi connectivity index (χ0v) is 12.3. The molecule has 1 amide bonds. The summed E-state index contributed by atoms with van der Waals surface area (Å²) in [6.45, 7) is 1.83. The van der Waals surface area contributed by atoms with Gasteiger partial charge in [-0.05, 0) is 24.6 Å². The number of alkyl halides is 3. The third-order valence-electron chi connectivity index (χ3n) is 2.63. The number of thiazole rings is 1. The SMILES string of the molecule is Cc1nc(CC(=O)N/N=C\c2cccc(C(F)(F)F)c2)cs1. The maximum absolute atomic E-state index is 12.5. The summed E-state index contributed by atoms with van der Waals surface area (Å²) in [6, 6.07) is 4.68. The molecule has 2 rings (SSSR count). The van der Waals surface area contributed by atoms with Gasteiger partial charge in [-0.2, -0.15) is 18.3 Å². The molecule has 0 saturated heterocycles. The first-order valence-electron chi connectivity index (χ1n) is 6.25. The lowest BCUT2D eigenvalue weighted by Crippen LogP contribution is -2.20. The number of nitrogens with zero attached hydrogens (tertiary/aromatic N) is 2. The van der Waals surface area contributed by atoms with Crippen LogP contribution in [0.5, 0.6) is 0 Å². The number of halogens is 3. The number of benzene rings is 1. The summed E-state index contributed by atoms with van der Waals surface area (Å²) in [7, 11) is 0. The molecule has 0 fully saturated rings. The largest absolute Gasteiger partial charge is 0.416 e. The molecule has 0 aliphatic heterocycles. The zero-order chi connectivity index (χ0) is 16.2. The van der Waals surface area contributed by atoms with Gasteiger partial charge < -0.3 is 0 Å². The van der Waals surface area contributed by atoms with E-state index >= 15 is 0 Å². The van der Waals surface area contributed by atoms with Crippen LogP contribution < -0.4 is 5.43 Å². The predicted molar refractivity (Wildman–Crippen MR) is 77.7 cm³/mol. The molecule has 0 radical (unpaired) electrons. The molecular weight excluding hydrogens is 315 g/mol. The van der Waals surface area contributed by atoms with Crippen molar-refractivity contribution < 1.29 is 18.0 Å². The van der Waals surface area contributed by atoms with Gasteiger partial charge in [0, 0.05) is 5.38 Å². The van der Waals surface area contributed by atoms with Crippen LogP contribution in [0.4, 0.5) is 13.2 Å². The van der Waals surface area contributed by atoms with E-state index in [1.165, 1.54) is 29.7 Å². The van der Waals surface area contributed by atoms with Crippen LogP contribution in [0.15, 0.2) is 34.7 Å². The maximum atomic E-state index is 12.5. The lowest BCUT2D eigenvalue weighted by Gasteiger charge is -2.06. The van der Waals surface area contributed by atoms with Gasteiger partial charge in [-0.3, -0.25) is 4.79 Å². The highest BCUT2D eigenvalue weighted by Gasteiger charge is 2.30. The van der Waals surface area contributed by atoms with E-state index in [1.807, 2.05) is 6.92 Å². The molecule has 116 valence electrons. The first-order chi connectivity index (χ1) is 10.3. The van der Waals surface area contributed by atoms with Crippen LogP contribution in [0.2, 0.25) is 0 Å². The summed E-state index contributed by atoms with van der Waals surface area (Å²) in [5.41, 5.74) is 2.38. The van der Waals surface area contributed by atoms with Gasteiger partial charge in [0.25, 0.3) is 0 Å². The van der Waals surface area contributed by atoms with Crippen LogP contribution in [0.1, 0.15) is 21.8 Å². The molecule has 1 N–H and O–H groups in total. The quantitative estimate of drug-likeness (QED) is 0.693. The molecule has 2 aromatic rings. The fraction of sp³-hybridized carbons (Fsp3) is 0.214. The number of carbonyl (C=O) groups is 1. The number of carbonyl (C=O) groups excluding carboxylic acids is 1. The van der Waals surface area contributed by atoms with E-state index in [1.54, 1.807) is 5.38 Å². The first kappa shape index (κ1) is 16.2. The smallest absolute Gasteiger partial charge is 0.273 e. The lowest BCUT2D eigenvalue weighted by atomic mass is 10.1. The Hall–Kier alpha value is -2.22. The highest BCUT2D eigenvalue weighted by molar-refractivity contribution is 7.09. The van der Waals surface area contributed by atoms with Crippen molar-refractivity contribution in [3.63, 3.8) is 0 Å². The van der Waals surface area contributed by atoms with Gasteiger partial charge in [-0.1, -0.05) is 12.1 Å². The van der Waals surface area contributed by atoms with Crippen molar-refractivity contribution in [3.8, 4) is 0 Å². The number of rotatable bonds is 4. The minimum Gasteiger partial charge on any atom is -0.273 e. The van der Waals surface area contributed by atoms with E-state index in [-0.39, 0.29) is 17.9 Å². The third kappa shape index (κ3) is 4.66. The Labute approximate surface area is 128 Å². The molecule has 1 heterocycles. The second-order valence-corrected chi connectivity index (χ2v) is 5.51. The summed E-state index contributed by atoms with van der Waals surface area (Å²) in [4.78, 5) is 15.7. The number of nitrogens with one attached hydrogen (secondary N) is 1. The Kier molecular flexibility index (Phi) is 4.92. The Morgan fingerprint density at radius 1 is 1.45 bits per heavy atom. The van der Waals surface area contributed by atoms with E-state index in [4.69, 9.17) is 0 Å². The monoisotopic (exact) mass is 327 g/mol. The van der Waals surface area contributed by atoms with E-state index in [0.717, 1.165) is 17.1 Å². The molecule has 1 aromatic heterocycles. The van der Waals surface area contributed by atoms with Gasteiger partial charge in [0.1, 0.15) is 0 Å². The maximum Gasteiger partial charge on any atom is 0.416 e. The molecule has 8 heteroatoms. The van der Waals surface area contributed by atoms with Crippen LogP contribution in [0, 0.1) is 6.92 Å². The van der Waals surface area contributed by atoms with Crippen LogP contribution in [-0.2, 0) is 17.4 Å². The fourth-order valence-electron chi connectivity index (χ4n) is 1.67. The van der Waals surface area contributed by atoms with Gasteiger partial charge in [0.2, 0.25) is 5.91 Å². The number of aryl methyl sites for hydroxylation is 1. The van der Waals surface area contributed by atoms with Gasteiger partial charge in [-0.15, -0.1) is 11.3 Å². The van der Waals surface area contributed by atoms with Crippen molar-refractivity contribution >= 4 is 23.5 Å².